The second kappa shape index (κ2) is 10.4. The standard InChI is InChI=1S/C23H30N6O/c1-4-24-23(26-15-13-21-27-19-10-5-6-11-20(19)28-21)25-14-12-17-8-7-9-18(16-17)22(30)29(2)3/h5-11,16H,4,12-15H2,1-3H3,(H,27,28)(H2,24,25,26). The van der Waals surface area contributed by atoms with Crippen molar-refractivity contribution in [3.05, 3.63) is 65.5 Å². The van der Waals surface area contributed by atoms with Crippen molar-refractivity contribution in [3.8, 4) is 0 Å². The number of H-pyrrole nitrogens is 1. The Morgan fingerprint density at radius 1 is 1.10 bits per heavy atom. The lowest BCUT2D eigenvalue weighted by molar-refractivity contribution is 0.0827. The fourth-order valence-corrected chi connectivity index (χ4v) is 3.18. The van der Waals surface area contributed by atoms with E-state index in [1.807, 2.05) is 55.5 Å². The van der Waals surface area contributed by atoms with Crippen LogP contribution in [0.25, 0.3) is 11.0 Å². The fourth-order valence-electron chi connectivity index (χ4n) is 3.18. The van der Waals surface area contributed by atoms with E-state index in [-0.39, 0.29) is 5.91 Å². The molecule has 0 atom stereocenters. The van der Waals surface area contributed by atoms with Gasteiger partial charge in [0.15, 0.2) is 5.96 Å². The molecule has 3 aromatic rings. The molecule has 0 bridgehead atoms. The highest BCUT2D eigenvalue weighted by atomic mass is 16.2. The lowest BCUT2D eigenvalue weighted by atomic mass is 10.1. The third kappa shape index (κ3) is 5.83. The first-order valence-corrected chi connectivity index (χ1v) is 10.3. The van der Waals surface area contributed by atoms with Crippen LogP contribution in [0.3, 0.4) is 0 Å². The zero-order valence-electron chi connectivity index (χ0n) is 17.9. The fraction of sp³-hybridized carbons (Fsp3) is 0.348. The number of rotatable bonds is 8. The molecule has 0 aliphatic heterocycles. The van der Waals surface area contributed by atoms with Crippen LogP contribution in [0, 0.1) is 0 Å². The van der Waals surface area contributed by atoms with Crippen molar-refractivity contribution in [2.75, 3.05) is 33.7 Å². The number of guanidine groups is 1. The third-order valence-electron chi connectivity index (χ3n) is 4.69. The Morgan fingerprint density at radius 2 is 1.93 bits per heavy atom. The normalized spacial score (nSPS) is 11.5. The zero-order valence-corrected chi connectivity index (χ0v) is 17.9. The molecule has 3 rings (SSSR count). The van der Waals surface area contributed by atoms with Crippen LogP contribution in [0.15, 0.2) is 53.5 Å². The van der Waals surface area contributed by atoms with Crippen LogP contribution in [0.4, 0.5) is 0 Å². The highest BCUT2D eigenvalue weighted by Gasteiger charge is 2.08. The molecule has 30 heavy (non-hydrogen) atoms. The second-order valence-electron chi connectivity index (χ2n) is 7.29. The molecule has 7 heteroatoms. The maximum absolute atomic E-state index is 12.1. The molecule has 7 nitrogen and oxygen atoms in total. The second-order valence-corrected chi connectivity index (χ2v) is 7.29. The van der Waals surface area contributed by atoms with Crippen LogP contribution in [0.1, 0.15) is 28.7 Å². The molecule has 0 aliphatic rings. The number of nitrogens with one attached hydrogen (secondary N) is 3. The molecular formula is C23H30N6O. The molecule has 0 saturated heterocycles. The minimum Gasteiger partial charge on any atom is -0.357 e. The van der Waals surface area contributed by atoms with Gasteiger partial charge < -0.3 is 20.5 Å². The number of aromatic nitrogens is 2. The summed E-state index contributed by atoms with van der Waals surface area (Å²) in [5.41, 5.74) is 3.87. The van der Waals surface area contributed by atoms with E-state index in [9.17, 15) is 4.79 Å². The third-order valence-corrected chi connectivity index (χ3v) is 4.69. The number of fused-ring (bicyclic) bond motifs is 1. The van der Waals surface area contributed by atoms with Crippen molar-refractivity contribution < 1.29 is 4.79 Å². The van der Waals surface area contributed by atoms with Crippen LogP contribution in [0.5, 0.6) is 0 Å². The number of hydrogen-bond acceptors (Lipinski definition) is 3. The summed E-state index contributed by atoms with van der Waals surface area (Å²) in [6, 6.07) is 15.8. The number of carbonyl (C=O) groups excluding carboxylic acids is 1. The quantitative estimate of drug-likeness (QED) is 0.397. The Bertz CT molecular complexity index is 975. The molecule has 2 aromatic carbocycles. The number of benzene rings is 2. The van der Waals surface area contributed by atoms with Gasteiger partial charge in [0.05, 0.1) is 11.0 Å². The number of nitrogens with zero attached hydrogens (tertiary/aromatic N) is 3. The van der Waals surface area contributed by atoms with Gasteiger partial charge in [0.2, 0.25) is 0 Å². The van der Waals surface area contributed by atoms with Gasteiger partial charge in [0, 0.05) is 45.7 Å². The van der Waals surface area contributed by atoms with Crippen molar-refractivity contribution in [3.63, 3.8) is 0 Å². The average molecular weight is 407 g/mol. The molecule has 1 heterocycles. The first-order valence-electron chi connectivity index (χ1n) is 10.3. The van der Waals surface area contributed by atoms with Gasteiger partial charge in [0.25, 0.3) is 5.91 Å². The summed E-state index contributed by atoms with van der Waals surface area (Å²) in [6.45, 7) is 4.22. The lowest BCUT2D eigenvalue weighted by Crippen LogP contribution is -2.38. The van der Waals surface area contributed by atoms with E-state index in [4.69, 9.17) is 0 Å². The Hall–Kier alpha value is -3.35. The molecule has 0 spiro atoms. The number of aliphatic imine (C=N–C) groups is 1. The molecule has 0 aliphatic carbocycles. The van der Waals surface area contributed by atoms with Crippen LogP contribution in [0.2, 0.25) is 0 Å². The van der Waals surface area contributed by atoms with Crippen LogP contribution < -0.4 is 10.6 Å². The van der Waals surface area contributed by atoms with Crippen molar-refractivity contribution in [1.29, 1.82) is 0 Å². The summed E-state index contributed by atoms with van der Waals surface area (Å²) in [6.07, 6.45) is 1.56. The van der Waals surface area contributed by atoms with Crippen LogP contribution >= 0.6 is 0 Å². The van der Waals surface area contributed by atoms with Gasteiger partial charge in [-0.05, 0) is 43.2 Å². The van der Waals surface area contributed by atoms with Crippen LogP contribution in [-0.2, 0) is 12.8 Å². The Kier molecular flexibility index (Phi) is 7.43. The smallest absolute Gasteiger partial charge is 0.253 e. The maximum Gasteiger partial charge on any atom is 0.253 e. The number of hydrogen-bond donors (Lipinski definition) is 3. The Labute approximate surface area is 177 Å². The summed E-state index contributed by atoms with van der Waals surface area (Å²) in [7, 11) is 3.53. The van der Waals surface area contributed by atoms with E-state index in [0.717, 1.165) is 54.3 Å². The number of carbonyl (C=O) groups is 1. The molecule has 0 fully saturated rings. The van der Waals surface area contributed by atoms with Gasteiger partial charge in [-0.15, -0.1) is 0 Å². The molecule has 158 valence electrons. The van der Waals surface area contributed by atoms with Crippen molar-refractivity contribution in [2.45, 2.75) is 19.8 Å². The van der Waals surface area contributed by atoms with Crippen molar-refractivity contribution >= 4 is 22.9 Å². The van der Waals surface area contributed by atoms with E-state index >= 15 is 0 Å². The Balaban J connectivity index is 1.52. The summed E-state index contributed by atoms with van der Waals surface area (Å²) in [5.74, 6) is 1.75. The summed E-state index contributed by atoms with van der Waals surface area (Å²) in [5, 5.41) is 6.64. The van der Waals surface area contributed by atoms with E-state index in [1.54, 1.807) is 19.0 Å². The molecular weight excluding hydrogens is 376 g/mol. The minimum absolute atomic E-state index is 0.0188. The summed E-state index contributed by atoms with van der Waals surface area (Å²) in [4.78, 5) is 26.3. The SMILES string of the molecule is CCNC(=NCCc1nc2ccccc2[nH]1)NCCc1cccc(C(=O)N(C)C)c1. The van der Waals surface area contributed by atoms with Crippen molar-refractivity contribution in [1.82, 2.24) is 25.5 Å². The van der Waals surface area contributed by atoms with E-state index in [0.29, 0.717) is 12.1 Å². The predicted molar refractivity (Wildman–Crippen MR) is 122 cm³/mol. The van der Waals surface area contributed by atoms with Gasteiger partial charge in [-0.1, -0.05) is 24.3 Å². The van der Waals surface area contributed by atoms with Gasteiger partial charge >= 0.3 is 0 Å². The number of amides is 1. The molecule has 3 N–H and O–H groups in total. The highest BCUT2D eigenvalue weighted by molar-refractivity contribution is 5.94. The average Bonchev–Trinajstić information content (AvgIpc) is 3.16. The molecule has 1 aromatic heterocycles. The first-order chi connectivity index (χ1) is 14.6. The topological polar surface area (TPSA) is 85.4 Å². The van der Waals surface area contributed by atoms with Crippen LogP contribution in [-0.4, -0.2) is 60.5 Å². The monoisotopic (exact) mass is 406 g/mol. The molecule has 1 amide bonds. The number of imidazole rings is 1. The van der Waals surface area contributed by atoms with Gasteiger partial charge in [-0.2, -0.15) is 0 Å². The first kappa shape index (κ1) is 21.4. The van der Waals surface area contributed by atoms with Gasteiger partial charge in [-0.3, -0.25) is 9.79 Å². The largest absolute Gasteiger partial charge is 0.357 e. The summed E-state index contributed by atoms with van der Waals surface area (Å²) < 4.78 is 0. The van der Waals surface area contributed by atoms with Crippen molar-refractivity contribution in [2.24, 2.45) is 4.99 Å². The van der Waals surface area contributed by atoms with Gasteiger partial charge in [0.1, 0.15) is 5.82 Å². The minimum atomic E-state index is 0.0188. The molecule has 0 unspecified atom stereocenters. The van der Waals surface area contributed by atoms with Gasteiger partial charge in [-0.25, -0.2) is 4.98 Å². The van der Waals surface area contributed by atoms with E-state index < -0.39 is 0 Å². The molecule has 0 saturated carbocycles. The highest BCUT2D eigenvalue weighted by Crippen LogP contribution is 2.10. The maximum atomic E-state index is 12.1. The predicted octanol–water partition coefficient (Wildman–Crippen LogP) is 2.61. The lowest BCUT2D eigenvalue weighted by Gasteiger charge is -2.13. The van der Waals surface area contributed by atoms with E-state index in [2.05, 4.69) is 25.6 Å². The molecule has 0 radical (unpaired) electrons. The summed E-state index contributed by atoms with van der Waals surface area (Å²) >= 11 is 0. The number of aromatic amines is 1. The van der Waals surface area contributed by atoms with E-state index in [1.165, 1.54) is 0 Å². The zero-order chi connectivity index (χ0) is 21.3. The Morgan fingerprint density at radius 3 is 2.70 bits per heavy atom. The number of para-hydroxylation sites is 2.